The molecule has 0 saturated carbocycles. The van der Waals surface area contributed by atoms with Gasteiger partial charge in [-0.05, 0) is 227 Å². The van der Waals surface area contributed by atoms with Crippen LogP contribution in [0.25, 0.3) is 77.9 Å². The summed E-state index contributed by atoms with van der Waals surface area (Å²) in [6.45, 7) is 6.77. The molecule has 0 saturated heterocycles. The fourth-order valence-electron chi connectivity index (χ4n) is 17.7. The van der Waals surface area contributed by atoms with E-state index in [2.05, 4.69) is 376 Å². The lowest BCUT2D eigenvalue weighted by molar-refractivity contribution is 0.792. The van der Waals surface area contributed by atoms with Crippen LogP contribution < -0.4 is 9.80 Å². The Morgan fingerprint density at radius 2 is 0.561 bits per heavy atom. The zero-order chi connectivity index (χ0) is 65.2. The summed E-state index contributed by atoms with van der Waals surface area (Å²) in [5, 5.41) is 0. The van der Waals surface area contributed by atoms with Crippen molar-refractivity contribution < 1.29 is 0 Å². The molecule has 4 aliphatic carbocycles. The fourth-order valence-corrected chi connectivity index (χ4v) is 17.7. The third-order valence-electron chi connectivity index (χ3n) is 21.8. The van der Waals surface area contributed by atoms with E-state index >= 15 is 0 Å². The van der Waals surface area contributed by atoms with Crippen molar-refractivity contribution in [3.8, 4) is 77.9 Å². The number of nitrogens with zero attached hydrogens (tertiary/aromatic N) is 2. The van der Waals surface area contributed by atoms with Crippen LogP contribution in [0, 0.1) is 20.8 Å². The van der Waals surface area contributed by atoms with E-state index in [1.54, 1.807) is 0 Å². The van der Waals surface area contributed by atoms with E-state index in [1.807, 2.05) is 0 Å². The van der Waals surface area contributed by atoms with Crippen LogP contribution in [0.1, 0.15) is 72.3 Å². The van der Waals surface area contributed by atoms with Crippen molar-refractivity contribution in [1.82, 2.24) is 0 Å². The van der Waals surface area contributed by atoms with Crippen LogP contribution in [0.5, 0.6) is 0 Å². The summed E-state index contributed by atoms with van der Waals surface area (Å²) in [6, 6.07) is 130. The Labute approximate surface area is 574 Å². The van der Waals surface area contributed by atoms with Crippen LogP contribution in [-0.4, -0.2) is 0 Å². The van der Waals surface area contributed by atoms with Gasteiger partial charge < -0.3 is 9.80 Å². The van der Waals surface area contributed by atoms with E-state index in [0.717, 1.165) is 40.3 Å². The Balaban J connectivity index is 0.743. The largest absolute Gasteiger partial charge is 0.310 e. The van der Waals surface area contributed by atoms with Gasteiger partial charge in [0.1, 0.15) is 0 Å². The lowest BCUT2D eigenvalue weighted by Crippen LogP contribution is -2.26. The lowest BCUT2D eigenvalue weighted by atomic mass is 9.70. The molecule has 0 fully saturated rings. The average molecular weight is 1250 g/mol. The second-order valence-electron chi connectivity index (χ2n) is 27.2. The molecule has 0 unspecified atom stereocenters. The minimum Gasteiger partial charge on any atom is -0.310 e. The van der Waals surface area contributed by atoms with Gasteiger partial charge >= 0.3 is 0 Å². The Hall–Kier alpha value is -12.1. The van der Waals surface area contributed by atoms with Crippen LogP contribution in [-0.2, 0) is 17.3 Å². The summed E-state index contributed by atoms with van der Waals surface area (Å²) in [6.07, 6.45) is 0.769. The van der Waals surface area contributed by atoms with E-state index < -0.39 is 10.8 Å². The number of benzene rings is 15. The normalized spacial score (nSPS) is 13.3. The van der Waals surface area contributed by atoms with Crippen LogP contribution >= 0.6 is 0 Å². The summed E-state index contributed by atoms with van der Waals surface area (Å²) >= 11 is 0. The standard InChI is InChI=1S/C96H68N2/c1-62-39-52-92(63(2)55-62)98(74-48-51-81-79-33-17-20-36-86(79)95(90(81)61-74)84-34-18-13-29-75(84)76-30-14-19-35-85(76)95)93-53-41-65(56-64(93)3)57-66-40-49-80-82-50-47-73(60-91(82)96(89(80)58-66)87-37-21-15-31-77(87)78-32-16-22-38-88(78)96)97(72-45-42-69(43-46-72)67-23-7-4-8-24-67)94-54-44-71(68-25-9-5-10-26-68)59-83(94)70-27-11-6-12-28-70/h4-56,58-61H,57H2,1-3H3. The average Bonchev–Trinajstić information content (AvgIpc) is 1.52. The van der Waals surface area contributed by atoms with E-state index in [0.29, 0.717) is 0 Å². The molecule has 4 aliphatic rings. The summed E-state index contributed by atoms with van der Waals surface area (Å²) in [7, 11) is 0. The van der Waals surface area contributed by atoms with Gasteiger partial charge in [0.25, 0.3) is 0 Å². The van der Waals surface area contributed by atoms with Gasteiger partial charge in [-0.1, -0.05) is 291 Å². The summed E-state index contributed by atoms with van der Waals surface area (Å²) < 4.78 is 0. The van der Waals surface area contributed by atoms with E-state index in [-0.39, 0.29) is 0 Å². The highest BCUT2D eigenvalue weighted by Gasteiger charge is 2.53. The summed E-state index contributed by atoms with van der Waals surface area (Å²) in [5.41, 5.74) is 40.0. The SMILES string of the molecule is Cc1ccc(N(c2ccc3c(c2)C2(c4ccccc4-c4ccccc42)c2ccccc2-3)c2ccc(Cc3ccc4c(c3)C3(c5ccccc5-c5ccccc53)c3cc(N(c5ccc(-c6ccccc6)cc5)c5ccc(-c6ccccc6)cc5-c5ccccc5)ccc3-4)cc2C)c(C)c1. The van der Waals surface area contributed by atoms with Gasteiger partial charge in [-0.25, -0.2) is 0 Å². The van der Waals surface area contributed by atoms with E-state index in [9.17, 15) is 0 Å². The lowest BCUT2D eigenvalue weighted by Gasteiger charge is -2.33. The number of fused-ring (bicyclic) bond motifs is 20. The monoisotopic (exact) mass is 1250 g/mol. The van der Waals surface area contributed by atoms with Gasteiger partial charge in [-0.3, -0.25) is 0 Å². The maximum Gasteiger partial charge on any atom is 0.0726 e. The third kappa shape index (κ3) is 8.60. The molecule has 98 heavy (non-hydrogen) atoms. The molecular formula is C96H68N2. The fraction of sp³-hybridized carbons (Fsp3) is 0.0625. The molecule has 0 bridgehead atoms. The third-order valence-corrected chi connectivity index (χ3v) is 21.8. The molecular weight excluding hydrogens is 1180 g/mol. The highest BCUT2D eigenvalue weighted by Crippen LogP contribution is 2.66. The number of rotatable bonds is 11. The molecule has 2 heteroatoms. The molecule has 0 atom stereocenters. The van der Waals surface area contributed by atoms with Crippen molar-refractivity contribution in [2.45, 2.75) is 38.0 Å². The Bertz CT molecular complexity index is 5590. The highest BCUT2D eigenvalue weighted by molar-refractivity contribution is 6.00. The van der Waals surface area contributed by atoms with Crippen molar-refractivity contribution in [3.05, 3.63) is 418 Å². The van der Waals surface area contributed by atoms with Gasteiger partial charge in [0.05, 0.1) is 16.5 Å². The van der Waals surface area contributed by atoms with Crippen molar-refractivity contribution in [1.29, 1.82) is 0 Å². The van der Waals surface area contributed by atoms with Crippen molar-refractivity contribution in [2.24, 2.45) is 0 Å². The molecule has 0 amide bonds. The molecule has 2 spiro atoms. The predicted octanol–water partition coefficient (Wildman–Crippen LogP) is 24.8. The van der Waals surface area contributed by atoms with Crippen LogP contribution in [0.4, 0.5) is 34.1 Å². The van der Waals surface area contributed by atoms with Crippen LogP contribution in [0.2, 0.25) is 0 Å². The summed E-state index contributed by atoms with van der Waals surface area (Å²) in [5.74, 6) is 0. The van der Waals surface area contributed by atoms with Gasteiger partial charge in [-0.15, -0.1) is 0 Å². The molecule has 0 aliphatic heterocycles. The zero-order valence-corrected chi connectivity index (χ0v) is 55.0. The van der Waals surface area contributed by atoms with Gasteiger partial charge in [-0.2, -0.15) is 0 Å². The minimum absolute atomic E-state index is 0.457. The molecule has 0 aromatic heterocycles. The Morgan fingerprint density at radius 1 is 0.214 bits per heavy atom. The highest BCUT2D eigenvalue weighted by atomic mass is 15.2. The second-order valence-corrected chi connectivity index (χ2v) is 27.2. The molecule has 0 heterocycles. The Kier molecular flexibility index (Phi) is 13.2. The molecule has 19 rings (SSSR count). The quantitative estimate of drug-likeness (QED) is 0.127. The van der Waals surface area contributed by atoms with Crippen molar-refractivity contribution in [3.63, 3.8) is 0 Å². The van der Waals surface area contributed by atoms with Gasteiger partial charge in [0.2, 0.25) is 0 Å². The molecule has 0 radical (unpaired) electrons. The first-order valence-electron chi connectivity index (χ1n) is 34.4. The zero-order valence-electron chi connectivity index (χ0n) is 55.0. The van der Waals surface area contributed by atoms with E-state index in [4.69, 9.17) is 0 Å². The first-order valence-corrected chi connectivity index (χ1v) is 34.4. The molecule has 462 valence electrons. The van der Waals surface area contributed by atoms with E-state index in [1.165, 1.54) is 150 Å². The Morgan fingerprint density at radius 3 is 1.06 bits per heavy atom. The predicted molar refractivity (Wildman–Crippen MR) is 408 cm³/mol. The number of hydrogen-bond donors (Lipinski definition) is 0. The first-order chi connectivity index (χ1) is 48.3. The van der Waals surface area contributed by atoms with Gasteiger partial charge in [0, 0.05) is 34.0 Å². The van der Waals surface area contributed by atoms with Crippen LogP contribution in [0.3, 0.4) is 0 Å². The molecule has 15 aromatic rings. The molecule has 0 N–H and O–H groups in total. The number of hydrogen-bond acceptors (Lipinski definition) is 2. The second kappa shape index (κ2) is 22.5. The smallest absolute Gasteiger partial charge is 0.0726 e. The number of aryl methyl sites for hydroxylation is 3. The van der Waals surface area contributed by atoms with Crippen LogP contribution in [0.15, 0.2) is 346 Å². The topological polar surface area (TPSA) is 6.48 Å². The summed E-state index contributed by atoms with van der Waals surface area (Å²) in [4.78, 5) is 5.03. The molecule has 2 nitrogen and oxygen atoms in total. The van der Waals surface area contributed by atoms with Gasteiger partial charge in [0.15, 0.2) is 0 Å². The van der Waals surface area contributed by atoms with Crippen molar-refractivity contribution >= 4 is 34.1 Å². The first kappa shape index (κ1) is 57.4. The minimum atomic E-state index is -0.600. The maximum atomic E-state index is 2.56. The number of anilines is 6. The molecule has 15 aromatic carbocycles. The maximum absolute atomic E-state index is 2.56. The van der Waals surface area contributed by atoms with Crippen molar-refractivity contribution in [2.75, 3.05) is 9.80 Å².